The molecule has 2 N–H and O–H groups in total. The number of methoxy groups -OCH3 is 1. The molecule has 4 nitrogen and oxygen atoms in total. The SMILES string of the molecule is COc1ccc(C2CCN(C(=O)C3CCC(N)C3)C2)cc1. The third-order valence-corrected chi connectivity index (χ3v) is 4.91. The Labute approximate surface area is 126 Å². The van der Waals surface area contributed by atoms with Crippen molar-refractivity contribution in [2.75, 3.05) is 20.2 Å². The van der Waals surface area contributed by atoms with Crippen molar-refractivity contribution in [1.29, 1.82) is 0 Å². The smallest absolute Gasteiger partial charge is 0.225 e. The summed E-state index contributed by atoms with van der Waals surface area (Å²) in [5.41, 5.74) is 7.22. The molecule has 0 spiro atoms. The predicted molar refractivity (Wildman–Crippen MR) is 82.2 cm³/mol. The summed E-state index contributed by atoms with van der Waals surface area (Å²) in [5.74, 6) is 1.81. The summed E-state index contributed by atoms with van der Waals surface area (Å²) in [5, 5.41) is 0. The monoisotopic (exact) mass is 288 g/mol. The molecule has 0 radical (unpaired) electrons. The van der Waals surface area contributed by atoms with Gasteiger partial charge in [-0.3, -0.25) is 4.79 Å². The minimum Gasteiger partial charge on any atom is -0.497 e. The third-order valence-electron chi connectivity index (χ3n) is 4.91. The number of ether oxygens (including phenoxy) is 1. The van der Waals surface area contributed by atoms with E-state index in [2.05, 4.69) is 12.1 Å². The van der Waals surface area contributed by atoms with E-state index in [4.69, 9.17) is 10.5 Å². The zero-order valence-electron chi connectivity index (χ0n) is 12.6. The Morgan fingerprint density at radius 3 is 2.62 bits per heavy atom. The Hall–Kier alpha value is -1.55. The predicted octanol–water partition coefficient (Wildman–Crippen LogP) is 2.14. The minimum absolute atomic E-state index is 0.162. The maximum absolute atomic E-state index is 12.5. The average Bonchev–Trinajstić information content (AvgIpc) is 3.16. The van der Waals surface area contributed by atoms with Crippen LogP contribution >= 0.6 is 0 Å². The molecule has 4 heteroatoms. The van der Waals surface area contributed by atoms with E-state index in [0.717, 1.165) is 44.5 Å². The summed E-state index contributed by atoms with van der Waals surface area (Å²) in [6.07, 6.45) is 3.87. The second-order valence-corrected chi connectivity index (χ2v) is 6.31. The van der Waals surface area contributed by atoms with Gasteiger partial charge in [-0.1, -0.05) is 12.1 Å². The fraction of sp³-hybridized carbons (Fsp3) is 0.588. The van der Waals surface area contributed by atoms with E-state index in [9.17, 15) is 4.79 Å². The van der Waals surface area contributed by atoms with E-state index in [1.807, 2.05) is 17.0 Å². The van der Waals surface area contributed by atoms with Gasteiger partial charge in [0.1, 0.15) is 5.75 Å². The number of rotatable bonds is 3. The van der Waals surface area contributed by atoms with Gasteiger partial charge in [0, 0.05) is 31.0 Å². The van der Waals surface area contributed by atoms with Gasteiger partial charge in [-0.2, -0.15) is 0 Å². The van der Waals surface area contributed by atoms with Crippen molar-refractivity contribution in [2.45, 2.75) is 37.6 Å². The molecule has 114 valence electrons. The van der Waals surface area contributed by atoms with Crippen LogP contribution in [0.5, 0.6) is 5.75 Å². The van der Waals surface area contributed by atoms with Gasteiger partial charge >= 0.3 is 0 Å². The first-order valence-corrected chi connectivity index (χ1v) is 7.85. The molecular weight excluding hydrogens is 264 g/mol. The molecular formula is C17H24N2O2. The summed E-state index contributed by atoms with van der Waals surface area (Å²) < 4.78 is 5.19. The quantitative estimate of drug-likeness (QED) is 0.927. The Bertz CT molecular complexity index is 500. The van der Waals surface area contributed by atoms with Crippen LogP contribution in [0.4, 0.5) is 0 Å². The van der Waals surface area contributed by atoms with Gasteiger partial charge in [0.05, 0.1) is 7.11 Å². The Morgan fingerprint density at radius 1 is 1.24 bits per heavy atom. The van der Waals surface area contributed by atoms with Crippen molar-refractivity contribution in [3.05, 3.63) is 29.8 Å². The first-order chi connectivity index (χ1) is 10.2. The molecule has 3 rings (SSSR count). The number of hydrogen-bond donors (Lipinski definition) is 1. The highest BCUT2D eigenvalue weighted by atomic mass is 16.5. The van der Waals surface area contributed by atoms with Crippen molar-refractivity contribution < 1.29 is 9.53 Å². The molecule has 1 heterocycles. The molecule has 0 aromatic heterocycles. The first-order valence-electron chi connectivity index (χ1n) is 7.85. The topological polar surface area (TPSA) is 55.6 Å². The second-order valence-electron chi connectivity index (χ2n) is 6.31. The summed E-state index contributed by atoms with van der Waals surface area (Å²) >= 11 is 0. The van der Waals surface area contributed by atoms with Crippen LogP contribution in [-0.2, 0) is 4.79 Å². The van der Waals surface area contributed by atoms with Gasteiger partial charge in [0.25, 0.3) is 0 Å². The van der Waals surface area contributed by atoms with Crippen molar-refractivity contribution in [1.82, 2.24) is 4.90 Å². The largest absolute Gasteiger partial charge is 0.497 e. The maximum Gasteiger partial charge on any atom is 0.225 e. The lowest BCUT2D eigenvalue weighted by Crippen LogP contribution is -2.34. The van der Waals surface area contributed by atoms with Gasteiger partial charge in [-0.15, -0.1) is 0 Å². The molecule has 1 saturated carbocycles. The van der Waals surface area contributed by atoms with Gasteiger partial charge in [-0.05, 0) is 43.4 Å². The highest BCUT2D eigenvalue weighted by Crippen LogP contribution is 2.32. The molecule has 21 heavy (non-hydrogen) atoms. The van der Waals surface area contributed by atoms with Crippen LogP contribution in [0, 0.1) is 5.92 Å². The van der Waals surface area contributed by atoms with Crippen molar-refractivity contribution >= 4 is 5.91 Å². The molecule has 1 amide bonds. The van der Waals surface area contributed by atoms with Gasteiger partial charge in [0.15, 0.2) is 0 Å². The number of likely N-dealkylation sites (tertiary alicyclic amines) is 1. The van der Waals surface area contributed by atoms with E-state index < -0.39 is 0 Å². The van der Waals surface area contributed by atoms with Crippen LogP contribution in [0.25, 0.3) is 0 Å². The van der Waals surface area contributed by atoms with Crippen molar-refractivity contribution in [3.8, 4) is 5.75 Å². The maximum atomic E-state index is 12.5. The lowest BCUT2D eigenvalue weighted by Gasteiger charge is -2.20. The third kappa shape index (κ3) is 3.05. The number of carbonyl (C=O) groups is 1. The molecule has 1 aliphatic heterocycles. The molecule has 1 saturated heterocycles. The lowest BCUT2D eigenvalue weighted by atomic mass is 9.98. The molecule has 2 aliphatic rings. The molecule has 0 bridgehead atoms. The number of amides is 1. The summed E-state index contributed by atoms with van der Waals surface area (Å²) in [6, 6.07) is 8.44. The fourth-order valence-corrected chi connectivity index (χ4v) is 3.61. The fourth-order valence-electron chi connectivity index (χ4n) is 3.61. The van der Waals surface area contributed by atoms with E-state index in [1.165, 1.54) is 5.56 Å². The molecule has 3 unspecified atom stereocenters. The highest BCUT2D eigenvalue weighted by Gasteiger charge is 2.34. The zero-order chi connectivity index (χ0) is 14.8. The summed E-state index contributed by atoms with van der Waals surface area (Å²) in [6.45, 7) is 1.72. The number of hydrogen-bond acceptors (Lipinski definition) is 3. The van der Waals surface area contributed by atoms with Crippen LogP contribution in [0.3, 0.4) is 0 Å². The number of nitrogens with two attached hydrogens (primary N) is 1. The molecule has 2 fully saturated rings. The van der Waals surface area contributed by atoms with Crippen LogP contribution in [0.2, 0.25) is 0 Å². The molecule has 1 aliphatic carbocycles. The Morgan fingerprint density at radius 2 is 2.00 bits per heavy atom. The van der Waals surface area contributed by atoms with Gasteiger partial charge in [0.2, 0.25) is 5.91 Å². The van der Waals surface area contributed by atoms with Crippen LogP contribution in [0.1, 0.15) is 37.2 Å². The number of benzene rings is 1. The summed E-state index contributed by atoms with van der Waals surface area (Å²) in [7, 11) is 1.68. The molecule has 1 aromatic rings. The highest BCUT2D eigenvalue weighted by molar-refractivity contribution is 5.79. The van der Waals surface area contributed by atoms with Crippen LogP contribution < -0.4 is 10.5 Å². The van der Waals surface area contributed by atoms with Gasteiger partial charge < -0.3 is 15.4 Å². The number of nitrogens with zero attached hydrogens (tertiary/aromatic N) is 1. The normalized spacial score (nSPS) is 28.9. The minimum atomic E-state index is 0.162. The van der Waals surface area contributed by atoms with Crippen molar-refractivity contribution in [3.63, 3.8) is 0 Å². The van der Waals surface area contributed by atoms with Crippen LogP contribution in [0.15, 0.2) is 24.3 Å². The molecule has 1 aromatic carbocycles. The summed E-state index contributed by atoms with van der Waals surface area (Å²) in [4.78, 5) is 14.6. The van der Waals surface area contributed by atoms with Crippen LogP contribution in [-0.4, -0.2) is 37.0 Å². The van der Waals surface area contributed by atoms with E-state index in [1.54, 1.807) is 7.11 Å². The van der Waals surface area contributed by atoms with Gasteiger partial charge in [-0.25, -0.2) is 0 Å². The first kappa shape index (κ1) is 14.4. The lowest BCUT2D eigenvalue weighted by molar-refractivity contribution is -0.134. The van der Waals surface area contributed by atoms with Crippen molar-refractivity contribution in [2.24, 2.45) is 11.7 Å². The Kier molecular flexibility index (Phi) is 4.15. The average molecular weight is 288 g/mol. The zero-order valence-corrected chi connectivity index (χ0v) is 12.6. The van der Waals surface area contributed by atoms with E-state index in [0.29, 0.717) is 11.8 Å². The second kappa shape index (κ2) is 6.06. The van der Waals surface area contributed by atoms with E-state index >= 15 is 0 Å². The number of carbonyl (C=O) groups excluding carboxylic acids is 1. The molecule has 3 atom stereocenters. The standard InChI is InChI=1S/C17H24N2O2/c1-21-16-6-3-12(4-7-16)14-8-9-19(11-14)17(20)13-2-5-15(18)10-13/h3-4,6-7,13-15H,2,5,8-11,18H2,1H3. The Balaban J connectivity index is 1.60. The van der Waals surface area contributed by atoms with E-state index in [-0.39, 0.29) is 12.0 Å².